The first-order valence-corrected chi connectivity index (χ1v) is 9.36. The summed E-state index contributed by atoms with van der Waals surface area (Å²) in [5.41, 5.74) is 3.29. The predicted molar refractivity (Wildman–Crippen MR) is 103 cm³/mol. The zero-order chi connectivity index (χ0) is 19.0. The van der Waals surface area contributed by atoms with E-state index in [1.165, 1.54) is 24.8 Å². The third kappa shape index (κ3) is 2.97. The fraction of sp³-hybridized carbons (Fsp3) is 0.190. The van der Waals surface area contributed by atoms with Crippen LogP contribution in [0.15, 0.2) is 48.0 Å². The van der Waals surface area contributed by atoms with Crippen LogP contribution in [0, 0.1) is 17.6 Å². The highest BCUT2D eigenvalue weighted by atomic mass is 32.2. The second-order valence-corrected chi connectivity index (χ2v) is 7.00. The van der Waals surface area contributed by atoms with Gasteiger partial charge in [-0.25, -0.2) is 8.78 Å². The van der Waals surface area contributed by atoms with Crippen molar-refractivity contribution in [1.29, 1.82) is 0 Å². The number of carbonyl (C=O) groups is 1. The Morgan fingerprint density at radius 2 is 1.81 bits per heavy atom. The smallest absolute Gasteiger partial charge is 0.310 e. The van der Waals surface area contributed by atoms with Gasteiger partial charge in [-0.2, -0.15) is 0 Å². The minimum atomic E-state index is -1.03. The van der Waals surface area contributed by atoms with Crippen molar-refractivity contribution in [2.24, 2.45) is 5.92 Å². The van der Waals surface area contributed by atoms with Crippen LogP contribution in [0.25, 0.3) is 16.1 Å². The van der Waals surface area contributed by atoms with E-state index in [1.807, 2.05) is 36.6 Å². The van der Waals surface area contributed by atoms with Crippen LogP contribution in [0.3, 0.4) is 0 Å². The summed E-state index contributed by atoms with van der Waals surface area (Å²) < 4.78 is 28.7. The van der Waals surface area contributed by atoms with Gasteiger partial charge in [-0.3, -0.25) is 4.79 Å². The van der Waals surface area contributed by atoms with Crippen LogP contribution < -0.4 is 0 Å². The van der Waals surface area contributed by atoms with Crippen LogP contribution in [0.2, 0.25) is 0 Å². The third-order valence-corrected chi connectivity index (χ3v) is 5.49. The molecule has 0 saturated heterocycles. The lowest BCUT2D eigenvalue weighted by molar-refractivity contribution is -0.139. The fourth-order valence-electron chi connectivity index (χ4n) is 3.48. The molecule has 0 fully saturated rings. The standard InChI is InChI=1S/C21H18F2O2S/c1-11-17(12(2)21(24)25)15-9-14(22)10-16(23)19(15)18(11)20(26-3)13-7-5-4-6-8-13/h4-10,12H,1-3H3,(H,24,25). The van der Waals surface area contributed by atoms with E-state index in [1.54, 1.807) is 6.92 Å². The molecule has 5 heteroatoms. The number of thioether (sulfide) groups is 1. The Labute approximate surface area is 155 Å². The number of hydrogen-bond acceptors (Lipinski definition) is 2. The number of carboxylic acids is 1. The van der Waals surface area contributed by atoms with Gasteiger partial charge in [0.1, 0.15) is 11.6 Å². The highest BCUT2D eigenvalue weighted by molar-refractivity contribution is 8.08. The Bertz CT molecular complexity index is 946. The van der Waals surface area contributed by atoms with Crippen molar-refractivity contribution >= 4 is 33.8 Å². The van der Waals surface area contributed by atoms with Gasteiger partial charge in [0.15, 0.2) is 0 Å². The molecular formula is C21H18F2O2S. The van der Waals surface area contributed by atoms with E-state index >= 15 is 0 Å². The molecule has 1 atom stereocenters. The number of allylic oxidation sites excluding steroid dienone is 2. The summed E-state index contributed by atoms with van der Waals surface area (Å²) in [6, 6.07) is 11.6. The lowest BCUT2D eigenvalue weighted by Gasteiger charge is -2.13. The second-order valence-electron chi connectivity index (χ2n) is 6.18. The molecule has 1 aliphatic carbocycles. The predicted octanol–water partition coefficient (Wildman–Crippen LogP) is 5.70. The molecule has 2 nitrogen and oxygen atoms in total. The van der Waals surface area contributed by atoms with Crippen LogP contribution in [0.4, 0.5) is 8.78 Å². The SMILES string of the molecule is CSC(=C1C(C)=C(C(C)C(=O)O)c2cc(F)cc(F)c21)c1ccccc1. The van der Waals surface area contributed by atoms with Crippen LogP contribution >= 0.6 is 11.8 Å². The average Bonchev–Trinajstić information content (AvgIpc) is 2.88. The molecule has 0 spiro atoms. The Balaban J connectivity index is 2.40. The number of aliphatic carboxylic acids is 1. The van der Waals surface area contributed by atoms with Crippen molar-refractivity contribution in [3.8, 4) is 0 Å². The number of halogens is 2. The monoisotopic (exact) mass is 372 g/mol. The second kappa shape index (κ2) is 7.08. The van der Waals surface area contributed by atoms with Crippen LogP contribution in [-0.2, 0) is 4.79 Å². The van der Waals surface area contributed by atoms with Gasteiger partial charge in [-0.05, 0) is 48.4 Å². The maximum absolute atomic E-state index is 14.8. The molecule has 0 aliphatic heterocycles. The molecule has 134 valence electrons. The Morgan fingerprint density at radius 1 is 1.15 bits per heavy atom. The number of carboxylic acid groups (broad SMARTS) is 1. The molecule has 1 N–H and O–H groups in total. The highest BCUT2D eigenvalue weighted by Crippen LogP contribution is 2.50. The van der Waals surface area contributed by atoms with Crippen molar-refractivity contribution in [3.05, 3.63) is 76.4 Å². The quantitative estimate of drug-likeness (QED) is 0.748. The molecule has 0 heterocycles. The first-order chi connectivity index (χ1) is 12.4. The molecule has 2 aromatic rings. The lowest BCUT2D eigenvalue weighted by Crippen LogP contribution is -2.11. The summed E-state index contributed by atoms with van der Waals surface area (Å²) in [5.74, 6) is -3.28. The number of fused-ring (bicyclic) bond motifs is 1. The summed E-state index contributed by atoms with van der Waals surface area (Å²) in [5, 5.41) is 9.48. The molecule has 26 heavy (non-hydrogen) atoms. The molecule has 0 bridgehead atoms. The van der Waals surface area contributed by atoms with Crippen molar-refractivity contribution in [2.75, 3.05) is 6.26 Å². The molecule has 0 amide bonds. The molecule has 1 aliphatic rings. The van der Waals surface area contributed by atoms with Gasteiger partial charge in [-0.1, -0.05) is 30.3 Å². The van der Waals surface area contributed by atoms with Crippen LogP contribution in [0.5, 0.6) is 0 Å². The van der Waals surface area contributed by atoms with Gasteiger partial charge >= 0.3 is 5.97 Å². The van der Waals surface area contributed by atoms with E-state index in [0.717, 1.165) is 16.5 Å². The maximum Gasteiger partial charge on any atom is 0.310 e. The summed E-state index contributed by atoms with van der Waals surface area (Å²) >= 11 is 1.46. The van der Waals surface area contributed by atoms with Gasteiger partial charge in [0.25, 0.3) is 0 Å². The van der Waals surface area contributed by atoms with Gasteiger partial charge in [0.2, 0.25) is 0 Å². The summed E-state index contributed by atoms with van der Waals surface area (Å²) in [6.45, 7) is 3.32. The van der Waals surface area contributed by atoms with E-state index in [4.69, 9.17) is 0 Å². The number of rotatable bonds is 4. The van der Waals surface area contributed by atoms with Crippen LogP contribution in [0.1, 0.15) is 30.5 Å². The third-order valence-electron chi connectivity index (χ3n) is 4.64. The molecule has 0 radical (unpaired) electrons. The maximum atomic E-state index is 14.8. The Hall–Kier alpha value is -2.40. The molecule has 1 unspecified atom stereocenters. The van der Waals surface area contributed by atoms with Crippen molar-refractivity contribution in [3.63, 3.8) is 0 Å². The number of hydrogen-bond donors (Lipinski definition) is 1. The van der Waals surface area contributed by atoms with Gasteiger partial charge in [0, 0.05) is 22.1 Å². The summed E-state index contributed by atoms with van der Waals surface area (Å²) in [4.78, 5) is 12.4. The van der Waals surface area contributed by atoms with E-state index in [-0.39, 0.29) is 5.56 Å². The fourth-order valence-corrected chi connectivity index (χ4v) is 4.31. The molecule has 2 aromatic carbocycles. The van der Waals surface area contributed by atoms with Crippen molar-refractivity contribution in [2.45, 2.75) is 13.8 Å². The zero-order valence-corrected chi connectivity index (χ0v) is 15.5. The topological polar surface area (TPSA) is 37.3 Å². The Kier molecular flexibility index (Phi) is 5.01. The van der Waals surface area contributed by atoms with Crippen LogP contribution in [-0.4, -0.2) is 17.3 Å². The van der Waals surface area contributed by atoms with Gasteiger partial charge < -0.3 is 5.11 Å². The first-order valence-electron chi connectivity index (χ1n) is 8.14. The Morgan fingerprint density at radius 3 is 2.38 bits per heavy atom. The lowest BCUT2D eigenvalue weighted by atomic mass is 9.93. The van der Waals surface area contributed by atoms with Gasteiger partial charge in [-0.15, -0.1) is 11.8 Å². The summed E-state index contributed by atoms with van der Waals surface area (Å²) in [7, 11) is 0. The van der Waals surface area contributed by atoms with E-state index < -0.39 is 23.5 Å². The molecular weight excluding hydrogens is 354 g/mol. The molecule has 0 aromatic heterocycles. The zero-order valence-electron chi connectivity index (χ0n) is 14.6. The molecule has 0 saturated carbocycles. The van der Waals surface area contributed by atoms with E-state index in [0.29, 0.717) is 22.3 Å². The highest BCUT2D eigenvalue weighted by Gasteiger charge is 2.34. The normalized spacial score (nSPS) is 16.5. The van der Waals surface area contributed by atoms with Gasteiger partial charge in [0.05, 0.1) is 5.92 Å². The van der Waals surface area contributed by atoms with Crippen molar-refractivity contribution in [1.82, 2.24) is 0 Å². The largest absolute Gasteiger partial charge is 0.481 e. The summed E-state index contributed by atoms with van der Waals surface area (Å²) in [6.07, 6.45) is 1.89. The number of benzene rings is 2. The van der Waals surface area contributed by atoms with E-state index in [2.05, 4.69) is 0 Å². The van der Waals surface area contributed by atoms with Crippen molar-refractivity contribution < 1.29 is 18.7 Å². The minimum absolute atomic E-state index is 0.278. The molecule has 3 rings (SSSR count). The first kappa shape index (κ1) is 18.4. The van der Waals surface area contributed by atoms with E-state index in [9.17, 15) is 18.7 Å². The average molecular weight is 372 g/mol. The minimum Gasteiger partial charge on any atom is -0.481 e.